The normalized spacial score (nSPS) is 13.0. The average Bonchev–Trinajstić information content (AvgIpc) is 2.44. The molecule has 0 aliphatic carbocycles. The van der Waals surface area contributed by atoms with Gasteiger partial charge in [-0.3, -0.25) is 9.69 Å². The first-order valence-corrected chi connectivity index (χ1v) is 8.64. The molecular weight excluding hydrogens is 262 g/mol. The van der Waals surface area contributed by atoms with Crippen LogP contribution in [0.5, 0.6) is 0 Å². The van der Waals surface area contributed by atoms with Crippen molar-refractivity contribution in [2.24, 2.45) is 11.7 Å². The van der Waals surface area contributed by atoms with E-state index in [1.807, 2.05) is 11.9 Å². The fourth-order valence-electron chi connectivity index (χ4n) is 2.17. The molecule has 2 N–H and O–H groups in total. The lowest BCUT2D eigenvalue weighted by molar-refractivity contribution is -0.132. The van der Waals surface area contributed by atoms with Gasteiger partial charge in [0.2, 0.25) is 5.91 Å². The van der Waals surface area contributed by atoms with Crippen LogP contribution >= 0.6 is 0 Å². The highest BCUT2D eigenvalue weighted by molar-refractivity contribution is 5.78. The molecule has 126 valence electrons. The Morgan fingerprint density at radius 3 is 2.00 bits per heavy atom. The van der Waals surface area contributed by atoms with Crippen molar-refractivity contribution in [1.29, 1.82) is 0 Å². The fraction of sp³-hybridized carbons (Fsp3) is 0.941. The van der Waals surface area contributed by atoms with E-state index in [0.717, 1.165) is 51.7 Å². The maximum absolute atomic E-state index is 12.4. The van der Waals surface area contributed by atoms with Gasteiger partial charge in [0, 0.05) is 19.1 Å². The highest BCUT2D eigenvalue weighted by atomic mass is 16.2. The van der Waals surface area contributed by atoms with E-state index in [0.29, 0.717) is 12.5 Å². The van der Waals surface area contributed by atoms with Gasteiger partial charge in [0.1, 0.15) is 0 Å². The predicted octanol–water partition coefficient (Wildman–Crippen LogP) is 2.72. The Bertz CT molecular complexity index is 261. The molecule has 0 spiro atoms. The van der Waals surface area contributed by atoms with Gasteiger partial charge in [-0.05, 0) is 38.8 Å². The maximum Gasteiger partial charge on any atom is 0.236 e. The summed E-state index contributed by atoms with van der Waals surface area (Å²) in [5.41, 5.74) is 6.06. The third-order valence-corrected chi connectivity index (χ3v) is 4.02. The summed E-state index contributed by atoms with van der Waals surface area (Å²) in [6.07, 6.45) is 5.41. The van der Waals surface area contributed by atoms with Gasteiger partial charge in [0.25, 0.3) is 0 Å². The quantitative estimate of drug-likeness (QED) is 0.603. The van der Waals surface area contributed by atoms with E-state index in [4.69, 9.17) is 5.73 Å². The molecular formula is C17H37N3O. The summed E-state index contributed by atoms with van der Waals surface area (Å²) in [5.74, 6) is 0.761. The van der Waals surface area contributed by atoms with Crippen LogP contribution < -0.4 is 5.73 Å². The molecule has 0 aliphatic heterocycles. The molecule has 0 saturated carbocycles. The van der Waals surface area contributed by atoms with Crippen LogP contribution in [0, 0.1) is 5.92 Å². The van der Waals surface area contributed by atoms with Gasteiger partial charge in [-0.25, -0.2) is 0 Å². The van der Waals surface area contributed by atoms with E-state index >= 15 is 0 Å². The van der Waals surface area contributed by atoms with Crippen LogP contribution in [0.4, 0.5) is 0 Å². The molecule has 0 aromatic heterocycles. The van der Waals surface area contributed by atoms with Gasteiger partial charge in [-0.15, -0.1) is 0 Å². The van der Waals surface area contributed by atoms with Crippen molar-refractivity contribution < 1.29 is 4.79 Å². The Morgan fingerprint density at radius 2 is 1.57 bits per heavy atom. The number of rotatable bonds is 12. The molecule has 0 radical (unpaired) electrons. The second-order valence-electron chi connectivity index (χ2n) is 6.52. The van der Waals surface area contributed by atoms with E-state index in [2.05, 4.69) is 32.6 Å². The van der Waals surface area contributed by atoms with Crippen LogP contribution in [0.1, 0.15) is 59.8 Å². The summed E-state index contributed by atoms with van der Waals surface area (Å²) in [7, 11) is 2.02. The average molecular weight is 300 g/mol. The molecule has 0 aromatic carbocycles. The second-order valence-corrected chi connectivity index (χ2v) is 6.52. The third-order valence-electron chi connectivity index (χ3n) is 4.02. The first-order chi connectivity index (χ1) is 9.92. The van der Waals surface area contributed by atoms with E-state index in [-0.39, 0.29) is 11.9 Å². The fourth-order valence-corrected chi connectivity index (χ4v) is 2.17. The molecule has 0 saturated heterocycles. The molecule has 0 heterocycles. The smallest absolute Gasteiger partial charge is 0.236 e. The highest BCUT2D eigenvalue weighted by Gasteiger charge is 2.15. The first kappa shape index (κ1) is 20.4. The van der Waals surface area contributed by atoms with Gasteiger partial charge < -0.3 is 10.6 Å². The topological polar surface area (TPSA) is 49.6 Å². The summed E-state index contributed by atoms with van der Waals surface area (Å²) in [6.45, 7) is 11.8. The number of nitrogens with two attached hydrogens (primary N) is 1. The van der Waals surface area contributed by atoms with E-state index in [1.165, 1.54) is 0 Å². The van der Waals surface area contributed by atoms with Crippen molar-refractivity contribution in [2.75, 3.05) is 33.2 Å². The van der Waals surface area contributed by atoms with Crippen LogP contribution in [0.25, 0.3) is 0 Å². The Kier molecular flexibility index (Phi) is 11.6. The van der Waals surface area contributed by atoms with E-state index in [9.17, 15) is 4.79 Å². The van der Waals surface area contributed by atoms with Crippen molar-refractivity contribution in [1.82, 2.24) is 9.80 Å². The molecule has 4 heteroatoms. The minimum atomic E-state index is 0.221. The molecule has 0 aliphatic rings. The van der Waals surface area contributed by atoms with Gasteiger partial charge >= 0.3 is 0 Å². The van der Waals surface area contributed by atoms with Crippen LogP contribution in [-0.4, -0.2) is 55.0 Å². The van der Waals surface area contributed by atoms with Gasteiger partial charge in [-0.1, -0.05) is 40.5 Å². The summed E-state index contributed by atoms with van der Waals surface area (Å²) in [4.78, 5) is 16.5. The summed E-state index contributed by atoms with van der Waals surface area (Å²) < 4.78 is 0. The SMILES string of the molecule is CCCCN(CCCC)C(=O)CN(C)CCC(N)C(C)C. The van der Waals surface area contributed by atoms with Crippen molar-refractivity contribution in [3.8, 4) is 0 Å². The van der Waals surface area contributed by atoms with Gasteiger partial charge in [0.15, 0.2) is 0 Å². The van der Waals surface area contributed by atoms with Crippen LogP contribution in [0.15, 0.2) is 0 Å². The minimum Gasteiger partial charge on any atom is -0.342 e. The van der Waals surface area contributed by atoms with Crippen LogP contribution in [0.2, 0.25) is 0 Å². The number of hydrogen-bond donors (Lipinski definition) is 1. The molecule has 0 rings (SSSR count). The lowest BCUT2D eigenvalue weighted by Gasteiger charge is -2.26. The Balaban J connectivity index is 4.19. The summed E-state index contributed by atoms with van der Waals surface area (Å²) >= 11 is 0. The molecule has 1 amide bonds. The molecule has 1 atom stereocenters. The number of nitrogens with zero attached hydrogens (tertiary/aromatic N) is 2. The predicted molar refractivity (Wildman–Crippen MR) is 91.3 cm³/mol. The monoisotopic (exact) mass is 299 g/mol. The summed E-state index contributed by atoms with van der Waals surface area (Å²) in [5, 5.41) is 0. The Morgan fingerprint density at radius 1 is 1.05 bits per heavy atom. The molecule has 0 fully saturated rings. The van der Waals surface area contributed by atoms with E-state index in [1.54, 1.807) is 0 Å². The Hall–Kier alpha value is -0.610. The largest absolute Gasteiger partial charge is 0.342 e. The number of hydrogen-bond acceptors (Lipinski definition) is 3. The zero-order valence-corrected chi connectivity index (χ0v) is 14.9. The lowest BCUT2D eigenvalue weighted by atomic mass is 10.0. The van der Waals surface area contributed by atoms with E-state index < -0.39 is 0 Å². The molecule has 0 aromatic rings. The van der Waals surface area contributed by atoms with Crippen LogP contribution in [0.3, 0.4) is 0 Å². The molecule has 4 nitrogen and oxygen atoms in total. The third kappa shape index (κ3) is 9.86. The molecule has 0 bridgehead atoms. The zero-order valence-electron chi connectivity index (χ0n) is 14.9. The van der Waals surface area contributed by atoms with Crippen molar-refractivity contribution in [2.45, 2.75) is 65.8 Å². The van der Waals surface area contributed by atoms with Gasteiger partial charge in [0.05, 0.1) is 6.54 Å². The molecule has 21 heavy (non-hydrogen) atoms. The lowest BCUT2D eigenvalue weighted by Crippen LogP contribution is -2.41. The number of unbranched alkanes of at least 4 members (excludes halogenated alkanes) is 2. The standard InChI is InChI=1S/C17H37N3O/c1-6-8-11-20(12-9-7-2)17(21)14-19(5)13-10-16(18)15(3)4/h15-16H,6-14,18H2,1-5H3. The van der Waals surface area contributed by atoms with Crippen LogP contribution in [-0.2, 0) is 4.79 Å². The minimum absolute atomic E-state index is 0.221. The maximum atomic E-state index is 12.4. The second kappa shape index (κ2) is 12.0. The Labute approximate surface area is 132 Å². The zero-order chi connectivity index (χ0) is 16.3. The number of carbonyl (C=O) groups excluding carboxylic acids is 1. The van der Waals surface area contributed by atoms with Crippen molar-refractivity contribution >= 4 is 5.91 Å². The van der Waals surface area contributed by atoms with Crippen molar-refractivity contribution in [3.05, 3.63) is 0 Å². The van der Waals surface area contributed by atoms with Crippen molar-refractivity contribution in [3.63, 3.8) is 0 Å². The van der Waals surface area contributed by atoms with Gasteiger partial charge in [-0.2, -0.15) is 0 Å². The number of likely N-dealkylation sites (N-methyl/N-ethyl adjacent to an activating group) is 1. The summed E-state index contributed by atoms with van der Waals surface area (Å²) in [6, 6.07) is 0.221. The number of carbonyl (C=O) groups is 1. The highest BCUT2D eigenvalue weighted by Crippen LogP contribution is 2.05. The molecule has 1 unspecified atom stereocenters. The first-order valence-electron chi connectivity index (χ1n) is 8.64. The number of amides is 1.